The Bertz CT molecular complexity index is 710. The van der Waals surface area contributed by atoms with Crippen molar-refractivity contribution in [2.45, 2.75) is 0 Å². The van der Waals surface area contributed by atoms with Crippen molar-refractivity contribution in [1.29, 1.82) is 0 Å². The molecular weight excluding hydrogens is 693 g/mol. The van der Waals surface area contributed by atoms with Gasteiger partial charge in [0.15, 0.2) is 0 Å². The zero-order valence-electron chi connectivity index (χ0n) is 26.1. The number of benzene rings is 1. The number of rotatable bonds is 36. The minimum absolute atomic E-state index is 0.439. The van der Waals surface area contributed by atoms with Gasteiger partial charge in [-0.25, -0.2) is 0 Å². The summed E-state index contributed by atoms with van der Waals surface area (Å²) < 4.78 is 66.5. The molecule has 44 heavy (non-hydrogen) atoms. The highest BCUT2D eigenvalue weighted by Crippen LogP contribution is 2.19. The van der Waals surface area contributed by atoms with Gasteiger partial charge in [0.2, 0.25) is 0 Å². The molecule has 1 aromatic carbocycles. The Labute approximate surface area is 276 Å². The first kappa shape index (κ1) is 41.1. The van der Waals surface area contributed by atoms with E-state index in [0.717, 1.165) is 11.0 Å². The molecule has 0 unspecified atom stereocenters. The molecule has 0 amide bonds. The second-order valence-corrected chi connectivity index (χ2v) is 9.89. The third kappa shape index (κ3) is 29.8. The molecule has 0 aliphatic carbocycles. The fourth-order valence-electron chi connectivity index (χ4n) is 3.18. The van der Waals surface area contributed by atoms with E-state index >= 15 is 0 Å². The lowest BCUT2D eigenvalue weighted by Crippen LogP contribution is -2.15. The molecule has 0 radical (unpaired) electrons. The highest BCUT2D eigenvalue weighted by molar-refractivity contribution is 14.1. The van der Waals surface area contributed by atoms with Crippen molar-refractivity contribution >= 4 is 28.3 Å². The van der Waals surface area contributed by atoms with Crippen molar-refractivity contribution in [1.82, 2.24) is 0 Å². The van der Waals surface area contributed by atoms with Gasteiger partial charge >= 0.3 is 0 Å². The maximum atomic E-state index is 5.82. The number of ether oxygens (including phenoxy) is 12. The van der Waals surface area contributed by atoms with Crippen molar-refractivity contribution in [3.8, 4) is 5.75 Å². The van der Waals surface area contributed by atoms with Crippen LogP contribution in [-0.4, -0.2) is 156 Å². The zero-order valence-corrected chi connectivity index (χ0v) is 28.3. The van der Waals surface area contributed by atoms with Crippen LogP contribution in [0.15, 0.2) is 24.3 Å². The molecule has 258 valence electrons. The maximum Gasteiger partial charge on any atom is 0.142 e. The van der Waals surface area contributed by atoms with Crippen LogP contribution in [-0.2, 0) is 52.1 Å². The average Bonchev–Trinajstić information content (AvgIpc) is 3.03. The number of nitrogen functional groups attached to an aromatic ring is 1. The van der Waals surface area contributed by atoms with Gasteiger partial charge in [-0.15, -0.1) is 0 Å². The van der Waals surface area contributed by atoms with Gasteiger partial charge in [0, 0.05) is 4.43 Å². The van der Waals surface area contributed by atoms with Crippen molar-refractivity contribution in [3.05, 3.63) is 24.3 Å². The summed E-state index contributed by atoms with van der Waals surface area (Å²) >= 11 is 2.28. The van der Waals surface area contributed by atoms with Gasteiger partial charge in [0.1, 0.15) is 12.4 Å². The molecule has 0 spiro atoms. The maximum absolute atomic E-state index is 5.82. The number of hydrogen-bond acceptors (Lipinski definition) is 13. The van der Waals surface area contributed by atoms with E-state index in [1.807, 2.05) is 18.2 Å². The van der Waals surface area contributed by atoms with E-state index < -0.39 is 0 Å². The van der Waals surface area contributed by atoms with E-state index in [-0.39, 0.29) is 0 Å². The van der Waals surface area contributed by atoms with E-state index in [9.17, 15) is 0 Å². The van der Waals surface area contributed by atoms with Gasteiger partial charge in [-0.3, -0.25) is 0 Å². The Morgan fingerprint density at radius 3 is 0.886 bits per heavy atom. The Morgan fingerprint density at radius 2 is 0.614 bits per heavy atom. The van der Waals surface area contributed by atoms with Gasteiger partial charge in [-0.1, -0.05) is 34.7 Å². The molecule has 0 bridgehead atoms. The lowest BCUT2D eigenvalue weighted by atomic mass is 10.3. The summed E-state index contributed by atoms with van der Waals surface area (Å²) in [6.45, 7) is 12.2. The number of hydrogen-bond donors (Lipinski definition) is 1. The van der Waals surface area contributed by atoms with Crippen LogP contribution < -0.4 is 10.5 Å². The van der Waals surface area contributed by atoms with Gasteiger partial charge in [0.05, 0.1) is 151 Å². The molecule has 0 atom stereocenters. The zero-order chi connectivity index (χ0) is 31.4. The van der Waals surface area contributed by atoms with Crippen LogP contribution in [0, 0.1) is 0 Å². The SMILES string of the molecule is Nc1ccccc1OCCOCCOCCOCCOCCOCCOCCOCCOCCOCCOCCOCCI. The molecule has 0 saturated carbocycles. The molecule has 0 saturated heterocycles. The molecule has 1 aromatic rings. The van der Waals surface area contributed by atoms with Crippen LogP contribution >= 0.6 is 22.6 Å². The van der Waals surface area contributed by atoms with Crippen LogP contribution in [0.2, 0.25) is 0 Å². The van der Waals surface area contributed by atoms with E-state index in [4.69, 9.17) is 62.6 Å². The molecule has 13 nitrogen and oxygen atoms in total. The molecule has 0 heterocycles. The second kappa shape index (κ2) is 35.0. The smallest absolute Gasteiger partial charge is 0.142 e. The largest absolute Gasteiger partial charge is 0.489 e. The first-order valence-corrected chi connectivity index (χ1v) is 16.8. The minimum Gasteiger partial charge on any atom is -0.489 e. The van der Waals surface area contributed by atoms with Gasteiger partial charge in [0.25, 0.3) is 0 Å². The Morgan fingerprint density at radius 1 is 0.364 bits per heavy atom. The first-order valence-electron chi connectivity index (χ1n) is 15.2. The molecule has 0 fully saturated rings. The Hall–Kier alpha value is -0.890. The minimum atomic E-state index is 0.439. The number of halogens is 1. The summed E-state index contributed by atoms with van der Waals surface area (Å²) in [7, 11) is 0. The number of nitrogens with two attached hydrogens (primary N) is 1. The fraction of sp³-hybridized carbons (Fsp3) is 0.800. The Balaban J connectivity index is 1.63. The van der Waals surface area contributed by atoms with Crippen LogP contribution in [0.4, 0.5) is 5.69 Å². The molecule has 0 aromatic heterocycles. The van der Waals surface area contributed by atoms with Gasteiger partial charge < -0.3 is 62.6 Å². The summed E-state index contributed by atoms with van der Waals surface area (Å²) in [5, 5.41) is 0. The highest BCUT2D eigenvalue weighted by Gasteiger charge is 1.99. The third-order valence-electron chi connectivity index (χ3n) is 5.35. The predicted molar refractivity (Wildman–Crippen MR) is 174 cm³/mol. The van der Waals surface area contributed by atoms with Crippen LogP contribution in [0.25, 0.3) is 0 Å². The van der Waals surface area contributed by atoms with Crippen molar-refractivity contribution < 1.29 is 56.8 Å². The number of alkyl halides is 1. The lowest BCUT2D eigenvalue weighted by Gasteiger charge is -2.09. The molecule has 14 heteroatoms. The lowest BCUT2D eigenvalue weighted by molar-refractivity contribution is -0.0276. The van der Waals surface area contributed by atoms with Crippen molar-refractivity contribution in [3.63, 3.8) is 0 Å². The third-order valence-corrected chi connectivity index (χ3v) is 5.79. The van der Waals surface area contributed by atoms with Gasteiger partial charge in [-0.2, -0.15) is 0 Å². The topological polar surface area (TPSA) is 137 Å². The van der Waals surface area contributed by atoms with Crippen molar-refractivity contribution in [2.75, 3.05) is 162 Å². The average molecular weight is 748 g/mol. The summed E-state index contributed by atoms with van der Waals surface area (Å²) in [4.78, 5) is 0. The number of para-hydroxylation sites is 2. The van der Waals surface area contributed by atoms with Crippen LogP contribution in [0.5, 0.6) is 5.75 Å². The standard InChI is InChI=1S/C30H54INO12/c31-5-6-33-7-8-34-9-10-35-11-12-36-13-14-37-15-16-38-17-18-39-19-20-40-21-22-41-23-24-42-25-26-43-27-28-44-30-4-2-1-3-29(30)32/h1-4H,5-28,32H2. The van der Waals surface area contributed by atoms with Crippen LogP contribution in [0.3, 0.4) is 0 Å². The molecule has 0 aliphatic rings. The Kier molecular flexibility index (Phi) is 32.7. The van der Waals surface area contributed by atoms with Gasteiger partial charge in [-0.05, 0) is 12.1 Å². The second-order valence-electron chi connectivity index (χ2n) is 8.81. The summed E-state index contributed by atoms with van der Waals surface area (Å²) in [6.07, 6.45) is 0. The molecular formula is C30H54INO12. The first-order chi connectivity index (χ1) is 21.8. The highest BCUT2D eigenvalue weighted by atomic mass is 127. The van der Waals surface area contributed by atoms with E-state index in [2.05, 4.69) is 22.6 Å². The number of anilines is 1. The molecule has 2 N–H and O–H groups in total. The van der Waals surface area contributed by atoms with Crippen LogP contribution in [0.1, 0.15) is 0 Å². The predicted octanol–water partition coefficient (Wildman–Crippen LogP) is 2.27. The normalized spacial score (nSPS) is 11.4. The monoisotopic (exact) mass is 747 g/mol. The van der Waals surface area contributed by atoms with E-state index in [1.54, 1.807) is 6.07 Å². The summed E-state index contributed by atoms with van der Waals surface area (Å²) in [6, 6.07) is 7.38. The van der Waals surface area contributed by atoms with E-state index in [1.165, 1.54) is 0 Å². The van der Waals surface area contributed by atoms with E-state index in [0.29, 0.717) is 157 Å². The molecule has 1 rings (SSSR count). The van der Waals surface area contributed by atoms with Crippen molar-refractivity contribution in [2.24, 2.45) is 0 Å². The summed E-state index contributed by atoms with van der Waals surface area (Å²) in [5.74, 6) is 0.669. The molecule has 0 aliphatic heterocycles. The fourth-order valence-corrected chi connectivity index (χ4v) is 3.49. The summed E-state index contributed by atoms with van der Waals surface area (Å²) in [5.41, 5.74) is 6.43. The quantitative estimate of drug-likeness (QED) is 0.0466.